The second-order valence-corrected chi connectivity index (χ2v) is 8.31. The van der Waals surface area contributed by atoms with Crippen LogP contribution in [-0.2, 0) is 24.7 Å². The Morgan fingerprint density at radius 3 is 2.46 bits per heavy atom. The van der Waals surface area contributed by atoms with Gasteiger partial charge in [-0.2, -0.15) is 0 Å². The summed E-state index contributed by atoms with van der Waals surface area (Å²) < 4.78 is 10.7. The van der Waals surface area contributed by atoms with Crippen molar-refractivity contribution in [1.29, 1.82) is 0 Å². The van der Waals surface area contributed by atoms with E-state index in [-0.39, 0.29) is 18.7 Å². The Bertz CT molecular complexity index is 1200. The molecule has 2 aromatic carbocycles. The van der Waals surface area contributed by atoms with Gasteiger partial charge in [0, 0.05) is 31.3 Å². The first-order valence-electron chi connectivity index (χ1n) is 11.5. The molecule has 182 valence electrons. The third-order valence-electron chi connectivity index (χ3n) is 6.27. The molecule has 8 heteroatoms. The van der Waals surface area contributed by atoms with Gasteiger partial charge >= 0.3 is 0 Å². The summed E-state index contributed by atoms with van der Waals surface area (Å²) in [7, 11) is 1.48. The zero-order chi connectivity index (χ0) is 25.2. The molecule has 2 aliphatic heterocycles. The normalized spacial score (nSPS) is 20.6. The number of anilines is 1. The molecule has 1 fully saturated rings. The fourth-order valence-corrected chi connectivity index (χ4v) is 4.80. The van der Waals surface area contributed by atoms with Crippen molar-refractivity contribution in [3.05, 3.63) is 77.9 Å². The number of hydrogen-bond acceptors (Lipinski definition) is 6. The van der Waals surface area contributed by atoms with E-state index in [1.54, 1.807) is 59.5 Å². The standard InChI is InChI=1S/C27H28N2O6/c1-4-14-28-21-9-7-6-8-20(21)27(26(28)33)22(24(31)25(32)29(27)15-17-34-3)23(30)18-10-12-19(13-11-18)35-16-5-2/h5-13,30H,2,4,14-17H2,1,3H3/t27-/m0/s1. The largest absolute Gasteiger partial charge is 0.507 e. The molecule has 0 saturated carbocycles. The van der Waals surface area contributed by atoms with Crippen molar-refractivity contribution in [3.63, 3.8) is 0 Å². The molecule has 0 aliphatic carbocycles. The predicted octanol–water partition coefficient (Wildman–Crippen LogP) is 3.23. The lowest BCUT2D eigenvalue weighted by atomic mass is 9.82. The number of fused-ring (bicyclic) bond motifs is 2. The maximum Gasteiger partial charge on any atom is 0.296 e. The number of methoxy groups -OCH3 is 1. The van der Waals surface area contributed by atoms with Gasteiger partial charge in [0.05, 0.1) is 17.9 Å². The lowest BCUT2D eigenvalue weighted by Gasteiger charge is -2.34. The van der Waals surface area contributed by atoms with E-state index >= 15 is 0 Å². The summed E-state index contributed by atoms with van der Waals surface area (Å²) in [6.07, 6.45) is 2.28. The highest BCUT2D eigenvalue weighted by molar-refractivity contribution is 6.50. The van der Waals surface area contributed by atoms with E-state index in [0.717, 1.165) is 0 Å². The number of ketones is 1. The number of aliphatic hydroxyl groups is 1. The Labute approximate surface area is 204 Å². The average Bonchev–Trinajstić information content (AvgIpc) is 3.25. The molecule has 1 spiro atoms. The zero-order valence-corrected chi connectivity index (χ0v) is 19.8. The van der Waals surface area contributed by atoms with E-state index in [1.807, 2.05) is 6.92 Å². The molecule has 4 rings (SSSR count). The smallest absolute Gasteiger partial charge is 0.296 e. The number of aliphatic hydroxyl groups excluding tert-OH is 1. The molecule has 0 bridgehead atoms. The van der Waals surface area contributed by atoms with Gasteiger partial charge in [0.25, 0.3) is 17.6 Å². The SMILES string of the molecule is C=CCOc1ccc(C(O)=C2C(=O)C(=O)N(CCOC)[C@]23C(=O)N(CCC)c2ccccc23)cc1. The fraction of sp³-hybridized carbons (Fsp3) is 0.296. The van der Waals surface area contributed by atoms with Crippen molar-refractivity contribution in [2.45, 2.75) is 18.9 Å². The van der Waals surface area contributed by atoms with Crippen LogP contribution in [0, 0.1) is 0 Å². The van der Waals surface area contributed by atoms with Crippen LogP contribution in [-0.4, -0.2) is 61.0 Å². The van der Waals surface area contributed by atoms with Gasteiger partial charge in [-0.25, -0.2) is 0 Å². The van der Waals surface area contributed by atoms with Gasteiger partial charge in [0.2, 0.25) is 0 Å². The Balaban J connectivity index is 1.96. The minimum atomic E-state index is -1.78. The lowest BCUT2D eigenvalue weighted by Crippen LogP contribution is -2.52. The molecule has 0 unspecified atom stereocenters. The number of para-hydroxylation sites is 1. The number of carbonyl (C=O) groups excluding carboxylic acids is 3. The summed E-state index contributed by atoms with van der Waals surface area (Å²) >= 11 is 0. The zero-order valence-electron chi connectivity index (χ0n) is 19.8. The first-order chi connectivity index (χ1) is 16.9. The van der Waals surface area contributed by atoms with Gasteiger partial charge in [-0.3, -0.25) is 14.4 Å². The number of benzene rings is 2. The van der Waals surface area contributed by atoms with Crippen molar-refractivity contribution < 1.29 is 29.0 Å². The Kier molecular flexibility index (Phi) is 6.75. The quantitative estimate of drug-likeness (QED) is 0.258. The molecule has 2 aliphatic rings. The monoisotopic (exact) mass is 476 g/mol. The highest BCUT2D eigenvalue weighted by atomic mass is 16.5. The molecule has 1 atom stereocenters. The molecule has 8 nitrogen and oxygen atoms in total. The molecular weight excluding hydrogens is 448 g/mol. The van der Waals surface area contributed by atoms with Crippen LogP contribution in [0.25, 0.3) is 5.76 Å². The highest BCUT2D eigenvalue weighted by Crippen LogP contribution is 2.53. The molecule has 0 aromatic heterocycles. The van der Waals surface area contributed by atoms with E-state index in [2.05, 4.69) is 6.58 Å². The van der Waals surface area contributed by atoms with Gasteiger partial charge in [-0.15, -0.1) is 0 Å². The topological polar surface area (TPSA) is 96.4 Å². The Morgan fingerprint density at radius 1 is 1.09 bits per heavy atom. The molecule has 0 radical (unpaired) electrons. The molecule has 2 aromatic rings. The number of Topliss-reactive ketones (excluding diaryl/α,β-unsaturated/α-hetero) is 1. The molecule has 1 N–H and O–H groups in total. The van der Waals surface area contributed by atoms with Crippen molar-refractivity contribution in [2.24, 2.45) is 0 Å². The second kappa shape index (κ2) is 9.76. The van der Waals surface area contributed by atoms with Crippen molar-refractivity contribution in [1.82, 2.24) is 4.90 Å². The number of carbonyl (C=O) groups is 3. The van der Waals surface area contributed by atoms with Gasteiger partial charge < -0.3 is 24.4 Å². The summed E-state index contributed by atoms with van der Waals surface area (Å²) in [5.41, 5.74) is -0.627. The van der Waals surface area contributed by atoms with E-state index in [0.29, 0.717) is 42.1 Å². The third kappa shape index (κ3) is 3.70. The van der Waals surface area contributed by atoms with Gasteiger partial charge in [-0.1, -0.05) is 37.8 Å². The molecule has 2 amide bonds. The maximum atomic E-state index is 14.1. The molecular formula is C27H28N2O6. The molecule has 35 heavy (non-hydrogen) atoms. The number of nitrogens with zero attached hydrogens (tertiary/aromatic N) is 2. The lowest BCUT2D eigenvalue weighted by molar-refractivity contribution is -0.144. The van der Waals surface area contributed by atoms with Gasteiger partial charge in [-0.05, 0) is 36.8 Å². The van der Waals surface area contributed by atoms with Crippen LogP contribution < -0.4 is 9.64 Å². The van der Waals surface area contributed by atoms with E-state index in [1.165, 1.54) is 12.0 Å². The van der Waals surface area contributed by atoms with Crippen molar-refractivity contribution >= 4 is 29.0 Å². The van der Waals surface area contributed by atoms with Crippen molar-refractivity contribution in [3.8, 4) is 5.75 Å². The van der Waals surface area contributed by atoms with Crippen LogP contribution in [0.15, 0.2) is 66.8 Å². The van der Waals surface area contributed by atoms with Gasteiger partial charge in [0.1, 0.15) is 18.1 Å². The average molecular weight is 477 g/mol. The van der Waals surface area contributed by atoms with E-state index < -0.39 is 28.9 Å². The Hall–Kier alpha value is -3.91. The maximum absolute atomic E-state index is 14.1. The minimum absolute atomic E-state index is 0.00617. The van der Waals surface area contributed by atoms with Crippen LogP contribution in [0.1, 0.15) is 24.5 Å². The summed E-state index contributed by atoms with van der Waals surface area (Å²) in [5, 5.41) is 11.4. The molecule has 1 saturated heterocycles. The predicted molar refractivity (Wildman–Crippen MR) is 131 cm³/mol. The van der Waals surface area contributed by atoms with Crippen LogP contribution in [0.2, 0.25) is 0 Å². The van der Waals surface area contributed by atoms with Crippen molar-refractivity contribution in [2.75, 3.05) is 38.3 Å². The fourth-order valence-electron chi connectivity index (χ4n) is 4.80. The highest BCUT2D eigenvalue weighted by Gasteiger charge is 2.66. The summed E-state index contributed by atoms with van der Waals surface area (Å²) in [5.74, 6) is -2.07. The first kappa shape index (κ1) is 24.2. The number of rotatable bonds is 9. The van der Waals surface area contributed by atoms with E-state index in [9.17, 15) is 19.5 Å². The number of hydrogen-bond donors (Lipinski definition) is 1. The van der Waals surface area contributed by atoms with E-state index in [4.69, 9.17) is 9.47 Å². The van der Waals surface area contributed by atoms with Crippen LogP contribution in [0.5, 0.6) is 5.75 Å². The number of likely N-dealkylation sites (tertiary alicyclic amines) is 1. The third-order valence-corrected chi connectivity index (χ3v) is 6.27. The number of ether oxygens (including phenoxy) is 2. The van der Waals surface area contributed by atoms with Crippen LogP contribution >= 0.6 is 0 Å². The summed E-state index contributed by atoms with van der Waals surface area (Å²) in [4.78, 5) is 43.7. The Morgan fingerprint density at radius 2 is 1.80 bits per heavy atom. The second-order valence-electron chi connectivity index (χ2n) is 8.31. The van der Waals surface area contributed by atoms with Crippen LogP contribution in [0.4, 0.5) is 5.69 Å². The minimum Gasteiger partial charge on any atom is -0.507 e. The number of amides is 2. The molecule has 2 heterocycles. The summed E-state index contributed by atoms with van der Waals surface area (Å²) in [6, 6.07) is 13.5. The first-order valence-corrected chi connectivity index (χ1v) is 11.5. The van der Waals surface area contributed by atoms with Crippen LogP contribution in [0.3, 0.4) is 0 Å². The van der Waals surface area contributed by atoms with Gasteiger partial charge in [0.15, 0.2) is 5.54 Å². The summed E-state index contributed by atoms with van der Waals surface area (Å²) in [6.45, 7) is 6.40.